The minimum atomic E-state index is -0.289. The van der Waals surface area contributed by atoms with Gasteiger partial charge in [-0.3, -0.25) is 14.4 Å². The van der Waals surface area contributed by atoms with E-state index in [0.717, 1.165) is 16.3 Å². The molecule has 3 amide bonds. The molecular weight excluding hydrogens is 378 g/mol. The second-order valence-electron chi connectivity index (χ2n) is 6.93. The first-order chi connectivity index (χ1) is 14.6. The van der Waals surface area contributed by atoms with Crippen LogP contribution in [-0.4, -0.2) is 37.4 Å². The van der Waals surface area contributed by atoms with Gasteiger partial charge >= 0.3 is 0 Å². The van der Waals surface area contributed by atoms with E-state index in [1.807, 2.05) is 66.7 Å². The Morgan fingerprint density at radius 2 is 1.37 bits per heavy atom. The fraction of sp³-hybridized carbons (Fsp3) is 0.208. The number of hydrogen-bond acceptors (Lipinski definition) is 3. The Morgan fingerprint density at radius 3 is 2.17 bits per heavy atom. The summed E-state index contributed by atoms with van der Waals surface area (Å²) in [5, 5.41) is 10.1. The van der Waals surface area contributed by atoms with E-state index in [1.165, 1.54) is 0 Å². The Labute approximate surface area is 175 Å². The minimum Gasteiger partial charge on any atom is -0.353 e. The van der Waals surface area contributed by atoms with Crippen LogP contribution in [0, 0.1) is 0 Å². The van der Waals surface area contributed by atoms with Crippen molar-refractivity contribution < 1.29 is 14.4 Å². The molecule has 3 aromatic rings. The van der Waals surface area contributed by atoms with Crippen molar-refractivity contribution in [3.05, 3.63) is 83.9 Å². The largest absolute Gasteiger partial charge is 0.353 e. The lowest BCUT2D eigenvalue weighted by molar-refractivity contribution is -0.126. The molecule has 3 N–H and O–H groups in total. The smallest absolute Gasteiger partial charge is 0.251 e. The maximum absolute atomic E-state index is 12.3. The van der Waals surface area contributed by atoms with Crippen LogP contribution in [0.3, 0.4) is 0 Å². The predicted octanol–water partition coefficient (Wildman–Crippen LogP) is 2.43. The third kappa shape index (κ3) is 6.44. The van der Waals surface area contributed by atoms with Gasteiger partial charge in [-0.15, -0.1) is 0 Å². The Morgan fingerprint density at radius 1 is 0.667 bits per heavy atom. The Bertz CT molecular complexity index is 1020. The van der Waals surface area contributed by atoms with E-state index < -0.39 is 0 Å². The van der Waals surface area contributed by atoms with Gasteiger partial charge in [0.05, 0.1) is 6.54 Å². The van der Waals surface area contributed by atoms with Crippen LogP contribution in [0.5, 0.6) is 0 Å². The van der Waals surface area contributed by atoms with Crippen molar-refractivity contribution in [3.63, 3.8) is 0 Å². The van der Waals surface area contributed by atoms with Crippen LogP contribution in [0.15, 0.2) is 72.8 Å². The van der Waals surface area contributed by atoms with Crippen LogP contribution in [0.1, 0.15) is 22.3 Å². The first-order valence-corrected chi connectivity index (χ1v) is 9.96. The van der Waals surface area contributed by atoms with Crippen LogP contribution in [0.2, 0.25) is 0 Å². The Balaban J connectivity index is 1.31. The molecular formula is C24H25N3O3. The second kappa shape index (κ2) is 10.8. The zero-order valence-corrected chi connectivity index (χ0v) is 16.7. The summed E-state index contributed by atoms with van der Waals surface area (Å²) >= 11 is 0. The third-order valence-corrected chi connectivity index (χ3v) is 4.67. The Hall–Kier alpha value is -3.67. The molecule has 0 aromatic heterocycles. The van der Waals surface area contributed by atoms with Gasteiger partial charge in [-0.1, -0.05) is 60.7 Å². The molecule has 0 saturated heterocycles. The molecule has 0 unspecified atom stereocenters. The van der Waals surface area contributed by atoms with Gasteiger partial charge in [0.1, 0.15) is 0 Å². The van der Waals surface area contributed by atoms with Crippen molar-refractivity contribution in [3.8, 4) is 0 Å². The molecule has 3 aromatic carbocycles. The van der Waals surface area contributed by atoms with Gasteiger partial charge in [-0.2, -0.15) is 0 Å². The molecule has 0 radical (unpaired) electrons. The summed E-state index contributed by atoms with van der Waals surface area (Å²) in [4.78, 5) is 35.9. The fourth-order valence-electron chi connectivity index (χ4n) is 3.04. The highest BCUT2D eigenvalue weighted by Gasteiger charge is 2.08. The molecule has 0 heterocycles. The molecule has 6 heteroatoms. The highest BCUT2D eigenvalue weighted by molar-refractivity contribution is 5.98. The summed E-state index contributed by atoms with van der Waals surface area (Å²) in [5.74, 6) is -0.647. The number of rotatable bonds is 9. The summed E-state index contributed by atoms with van der Waals surface area (Å²) < 4.78 is 0. The van der Waals surface area contributed by atoms with Gasteiger partial charge in [0.25, 0.3) is 5.91 Å². The van der Waals surface area contributed by atoms with E-state index in [0.29, 0.717) is 24.9 Å². The maximum atomic E-state index is 12.3. The number of benzene rings is 3. The van der Waals surface area contributed by atoms with Crippen LogP contribution in [0.25, 0.3) is 10.8 Å². The van der Waals surface area contributed by atoms with Gasteiger partial charge in [0.2, 0.25) is 11.8 Å². The van der Waals surface area contributed by atoms with E-state index in [2.05, 4.69) is 16.0 Å². The highest BCUT2D eigenvalue weighted by Crippen LogP contribution is 2.15. The number of hydrogen-bond donors (Lipinski definition) is 3. The number of carbonyl (C=O) groups is 3. The van der Waals surface area contributed by atoms with Gasteiger partial charge in [-0.25, -0.2) is 0 Å². The van der Waals surface area contributed by atoms with Gasteiger partial charge < -0.3 is 16.0 Å². The van der Waals surface area contributed by atoms with Crippen molar-refractivity contribution in [2.45, 2.75) is 12.8 Å². The standard InChI is InChI=1S/C24H25N3O3/c28-22(13-10-18-6-2-1-3-7-18)27-17-23(29)25-14-15-26-24(30)21-12-11-19-8-4-5-9-20(19)16-21/h1-9,11-12,16H,10,13-15,17H2,(H,25,29)(H,26,30)(H,27,28). The SMILES string of the molecule is O=C(CCc1ccccc1)NCC(=O)NCCNC(=O)c1ccc2ccccc2c1. The lowest BCUT2D eigenvalue weighted by Crippen LogP contribution is -2.40. The van der Waals surface area contributed by atoms with Crippen molar-refractivity contribution in [2.75, 3.05) is 19.6 Å². The van der Waals surface area contributed by atoms with Crippen molar-refractivity contribution in [2.24, 2.45) is 0 Å². The number of aryl methyl sites for hydroxylation is 1. The second-order valence-corrected chi connectivity index (χ2v) is 6.93. The zero-order valence-electron chi connectivity index (χ0n) is 16.7. The average molecular weight is 403 g/mol. The molecule has 6 nitrogen and oxygen atoms in total. The number of fused-ring (bicyclic) bond motifs is 1. The quantitative estimate of drug-likeness (QED) is 0.480. The van der Waals surface area contributed by atoms with Crippen LogP contribution in [-0.2, 0) is 16.0 Å². The predicted molar refractivity (Wildman–Crippen MR) is 117 cm³/mol. The monoisotopic (exact) mass is 403 g/mol. The van der Waals surface area contributed by atoms with E-state index >= 15 is 0 Å². The van der Waals surface area contributed by atoms with Gasteiger partial charge in [-0.05, 0) is 34.9 Å². The summed E-state index contributed by atoms with van der Waals surface area (Å²) in [6.07, 6.45) is 0.966. The normalized spacial score (nSPS) is 10.4. The molecule has 0 aliphatic carbocycles. The van der Waals surface area contributed by atoms with Crippen molar-refractivity contribution >= 4 is 28.5 Å². The average Bonchev–Trinajstić information content (AvgIpc) is 2.79. The number of nitrogens with one attached hydrogen (secondary N) is 3. The molecule has 0 bridgehead atoms. The van der Waals surface area contributed by atoms with E-state index in [1.54, 1.807) is 6.07 Å². The fourth-order valence-corrected chi connectivity index (χ4v) is 3.04. The van der Waals surface area contributed by atoms with E-state index in [9.17, 15) is 14.4 Å². The van der Waals surface area contributed by atoms with E-state index in [-0.39, 0.29) is 30.8 Å². The summed E-state index contributed by atoms with van der Waals surface area (Å²) in [5.41, 5.74) is 1.66. The Kier molecular flexibility index (Phi) is 7.55. The molecule has 154 valence electrons. The summed E-state index contributed by atoms with van der Waals surface area (Å²) in [6, 6.07) is 23.1. The molecule has 0 aliphatic rings. The molecule has 0 fully saturated rings. The minimum absolute atomic E-state index is 0.0771. The lowest BCUT2D eigenvalue weighted by atomic mass is 10.1. The van der Waals surface area contributed by atoms with Gasteiger partial charge in [0.15, 0.2) is 0 Å². The number of carbonyl (C=O) groups excluding carboxylic acids is 3. The van der Waals surface area contributed by atoms with Crippen LogP contribution in [0.4, 0.5) is 0 Å². The molecule has 0 atom stereocenters. The first kappa shape index (κ1) is 21.0. The molecule has 0 saturated carbocycles. The third-order valence-electron chi connectivity index (χ3n) is 4.67. The lowest BCUT2D eigenvalue weighted by Gasteiger charge is -2.09. The number of amides is 3. The molecule has 0 aliphatic heterocycles. The van der Waals surface area contributed by atoms with Crippen molar-refractivity contribution in [1.29, 1.82) is 0 Å². The van der Waals surface area contributed by atoms with Crippen molar-refractivity contribution in [1.82, 2.24) is 16.0 Å². The summed E-state index contributed by atoms with van der Waals surface area (Å²) in [6.45, 7) is 0.517. The van der Waals surface area contributed by atoms with Gasteiger partial charge in [0, 0.05) is 25.1 Å². The van der Waals surface area contributed by atoms with E-state index in [4.69, 9.17) is 0 Å². The highest BCUT2D eigenvalue weighted by atomic mass is 16.2. The molecule has 0 spiro atoms. The first-order valence-electron chi connectivity index (χ1n) is 9.96. The molecule has 30 heavy (non-hydrogen) atoms. The molecule has 3 rings (SSSR count). The topological polar surface area (TPSA) is 87.3 Å². The van der Waals surface area contributed by atoms with Crippen LogP contribution >= 0.6 is 0 Å². The zero-order chi connectivity index (χ0) is 21.2. The summed E-state index contributed by atoms with van der Waals surface area (Å²) in [7, 11) is 0. The maximum Gasteiger partial charge on any atom is 0.251 e. The van der Waals surface area contributed by atoms with Crippen LogP contribution < -0.4 is 16.0 Å².